The van der Waals surface area contributed by atoms with Gasteiger partial charge in [0.1, 0.15) is 17.8 Å². The van der Waals surface area contributed by atoms with Crippen molar-refractivity contribution in [2.75, 3.05) is 31.5 Å². The summed E-state index contributed by atoms with van der Waals surface area (Å²) in [5.41, 5.74) is 3.12. The van der Waals surface area contributed by atoms with E-state index in [4.69, 9.17) is 0 Å². The quantitative estimate of drug-likeness (QED) is 0.278. The van der Waals surface area contributed by atoms with Crippen molar-refractivity contribution in [3.8, 4) is 0 Å². The Labute approximate surface area is 277 Å². The minimum Gasteiger partial charge on any atom is -0.344 e. The predicted molar refractivity (Wildman–Crippen MR) is 180 cm³/mol. The van der Waals surface area contributed by atoms with E-state index in [0.717, 1.165) is 57.3 Å². The van der Waals surface area contributed by atoms with E-state index in [0.29, 0.717) is 37.3 Å². The molecule has 11 nitrogen and oxygen atoms in total. The summed E-state index contributed by atoms with van der Waals surface area (Å²) >= 11 is 0. The van der Waals surface area contributed by atoms with Crippen LogP contribution in [0.15, 0.2) is 66.9 Å². The average Bonchev–Trinajstić information content (AvgIpc) is 3.54. The lowest BCUT2D eigenvalue weighted by Gasteiger charge is -2.36. The van der Waals surface area contributed by atoms with Gasteiger partial charge in [-0.15, -0.1) is 0 Å². The van der Waals surface area contributed by atoms with Gasteiger partial charge in [-0.1, -0.05) is 68.7 Å². The van der Waals surface area contributed by atoms with E-state index in [1.54, 1.807) is 38.4 Å². The lowest BCUT2D eigenvalue weighted by atomic mass is 9.83. The summed E-state index contributed by atoms with van der Waals surface area (Å²) in [5.74, 6) is -0.780. The van der Waals surface area contributed by atoms with Crippen LogP contribution >= 0.6 is 0 Å². The van der Waals surface area contributed by atoms with Crippen LogP contribution in [0.1, 0.15) is 67.1 Å². The normalized spacial score (nSPS) is 17.0. The first-order valence-corrected chi connectivity index (χ1v) is 16.8. The molecular formula is C36H47N7O4. The van der Waals surface area contributed by atoms with Crippen molar-refractivity contribution >= 4 is 29.3 Å². The Kier molecular flexibility index (Phi) is 11.8. The third-order valence-corrected chi connectivity index (χ3v) is 9.29. The van der Waals surface area contributed by atoms with Gasteiger partial charge in [-0.3, -0.25) is 28.8 Å². The topological polar surface area (TPSA) is 129 Å². The molecule has 3 N–H and O–H groups in total. The second-order valence-electron chi connectivity index (χ2n) is 12.6. The SMILES string of the molecule is CCC(=O)N[C@H](Cc1ccc(NC(=O)C(NC(=O)c2ccnn2C)C2CCCCC2)cc1)C(=O)N1CCN(Cc2ccccc2)CC1. The second kappa shape index (κ2) is 16.4. The number of amides is 4. The van der Waals surface area contributed by atoms with Crippen molar-refractivity contribution in [3.05, 3.63) is 83.7 Å². The molecule has 0 bridgehead atoms. The highest BCUT2D eigenvalue weighted by atomic mass is 16.2. The summed E-state index contributed by atoms with van der Waals surface area (Å²) in [5, 5.41) is 13.0. The maximum atomic E-state index is 13.6. The molecule has 11 heteroatoms. The van der Waals surface area contributed by atoms with Crippen LogP contribution in [-0.2, 0) is 34.4 Å². The molecule has 1 aliphatic carbocycles. The number of rotatable bonds is 12. The summed E-state index contributed by atoms with van der Waals surface area (Å²) in [4.78, 5) is 56.8. The van der Waals surface area contributed by atoms with Crippen molar-refractivity contribution < 1.29 is 19.2 Å². The zero-order chi connectivity index (χ0) is 33.2. The first kappa shape index (κ1) is 33.8. The largest absolute Gasteiger partial charge is 0.344 e. The smallest absolute Gasteiger partial charge is 0.270 e. The summed E-state index contributed by atoms with van der Waals surface area (Å²) < 4.78 is 1.50. The Balaban J connectivity index is 1.20. The average molecular weight is 642 g/mol. The molecule has 1 saturated heterocycles. The predicted octanol–water partition coefficient (Wildman–Crippen LogP) is 3.52. The number of carbonyl (C=O) groups excluding carboxylic acids is 4. The molecule has 1 saturated carbocycles. The van der Waals surface area contributed by atoms with Crippen LogP contribution in [0, 0.1) is 5.92 Å². The number of aryl methyl sites for hydroxylation is 1. The molecule has 5 rings (SSSR count). The number of piperazine rings is 1. The maximum Gasteiger partial charge on any atom is 0.270 e. The molecule has 1 aromatic heterocycles. The van der Waals surface area contributed by atoms with Crippen LogP contribution in [0.25, 0.3) is 0 Å². The minimum absolute atomic E-state index is 0.0503. The Hall–Kier alpha value is -4.51. The molecule has 3 aromatic rings. The van der Waals surface area contributed by atoms with Crippen LogP contribution < -0.4 is 16.0 Å². The second-order valence-corrected chi connectivity index (χ2v) is 12.6. The van der Waals surface area contributed by atoms with Crippen molar-refractivity contribution in [1.29, 1.82) is 0 Å². The molecule has 1 unspecified atom stereocenters. The number of aromatic nitrogens is 2. The van der Waals surface area contributed by atoms with E-state index in [9.17, 15) is 19.2 Å². The number of nitrogens with zero attached hydrogens (tertiary/aromatic N) is 4. The van der Waals surface area contributed by atoms with Gasteiger partial charge in [-0.05, 0) is 48.1 Å². The fraction of sp³-hybridized carbons (Fsp3) is 0.472. The lowest BCUT2D eigenvalue weighted by Crippen LogP contribution is -2.55. The third-order valence-electron chi connectivity index (χ3n) is 9.29. The molecule has 0 spiro atoms. The fourth-order valence-electron chi connectivity index (χ4n) is 6.54. The first-order chi connectivity index (χ1) is 22.8. The van der Waals surface area contributed by atoms with Crippen LogP contribution in [0.4, 0.5) is 5.69 Å². The molecule has 1 aliphatic heterocycles. The number of benzene rings is 2. The van der Waals surface area contributed by atoms with E-state index in [-0.39, 0.29) is 29.5 Å². The van der Waals surface area contributed by atoms with E-state index in [1.807, 2.05) is 35.2 Å². The van der Waals surface area contributed by atoms with Crippen LogP contribution in [-0.4, -0.2) is 81.5 Å². The number of hydrogen-bond donors (Lipinski definition) is 3. The van der Waals surface area contributed by atoms with Gasteiger partial charge in [0.25, 0.3) is 5.91 Å². The highest BCUT2D eigenvalue weighted by Gasteiger charge is 2.32. The van der Waals surface area contributed by atoms with Crippen molar-refractivity contribution in [1.82, 2.24) is 30.2 Å². The monoisotopic (exact) mass is 641 g/mol. The molecule has 47 heavy (non-hydrogen) atoms. The summed E-state index contributed by atoms with van der Waals surface area (Å²) in [7, 11) is 1.70. The van der Waals surface area contributed by atoms with E-state index >= 15 is 0 Å². The Bertz CT molecular complexity index is 1490. The standard InChI is InChI=1S/C36H47N7O4/c1-3-32(44)39-30(36(47)43-22-20-42(21-23-43)25-27-10-6-4-7-11-27)24-26-14-16-29(17-15-26)38-35(46)33(28-12-8-5-9-13-28)40-34(45)31-18-19-37-41(31)2/h4,6-7,10-11,14-19,28,30,33H,3,5,8-9,12-13,20-25H2,1-2H3,(H,38,46)(H,39,44)(H,40,45)/t30-,33?/m1/s1. The van der Waals surface area contributed by atoms with E-state index < -0.39 is 12.1 Å². The summed E-state index contributed by atoms with van der Waals surface area (Å²) in [6.07, 6.45) is 7.14. The van der Waals surface area contributed by atoms with Gasteiger partial charge in [0, 0.05) is 64.5 Å². The molecule has 4 amide bonds. The van der Waals surface area contributed by atoms with E-state index in [1.165, 1.54) is 10.2 Å². The van der Waals surface area contributed by atoms with Gasteiger partial charge in [-0.2, -0.15) is 5.10 Å². The summed E-state index contributed by atoms with van der Waals surface area (Å²) in [6, 6.07) is 17.9. The highest BCUT2D eigenvalue weighted by molar-refractivity contribution is 6.00. The Morgan fingerprint density at radius 1 is 0.851 bits per heavy atom. The van der Waals surface area contributed by atoms with Gasteiger partial charge >= 0.3 is 0 Å². The molecular weight excluding hydrogens is 594 g/mol. The van der Waals surface area contributed by atoms with Gasteiger partial charge in [0.05, 0.1) is 0 Å². The molecule has 250 valence electrons. The minimum atomic E-state index is -0.679. The number of nitrogens with one attached hydrogen (secondary N) is 3. The number of carbonyl (C=O) groups is 4. The molecule has 0 radical (unpaired) electrons. The molecule has 2 aromatic carbocycles. The van der Waals surface area contributed by atoms with Crippen LogP contribution in [0.3, 0.4) is 0 Å². The third kappa shape index (κ3) is 9.28. The molecule has 2 heterocycles. The van der Waals surface area contributed by atoms with Gasteiger partial charge < -0.3 is 20.9 Å². The molecule has 2 atom stereocenters. The van der Waals surface area contributed by atoms with Crippen LogP contribution in [0.2, 0.25) is 0 Å². The van der Waals surface area contributed by atoms with E-state index in [2.05, 4.69) is 38.1 Å². The molecule has 2 aliphatic rings. The van der Waals surface area contributed by atoms with Gasteiger partial charge in [-0.25, -0.2) is 0 Å². The maximum absolute atomic E-state index is 13.6. The van der Waals surface area contributed by atoms with Crippen molar-refractivity contribution in [3.63, 3.8) is 0 Å². The number of hydrogen-bond acceptors (Lipinski definition) is 6. The van der Waals surface area contributed by atoms with Gasteiger partial charge in [0.2, 0.25) is 17.7 Å². The van der Waals surface area contributed by atoms with Gasteiger partial charge in [0.15, 0.2) is 0 Å². The summed E-state index contributed by atoms with van der Waals surface area (Å²) in [6.45, 7) is 5.38. The number of anilines is 1. The molecule has 2 fully saturated rings. The Morgan fingerprint density at radius 2 is 1.55 bits per heavy atom. The fourth-order valence-corrected chi connectivity index (χ4v) is 6.54. The van der Waals surface area contributed by atoms with Crippen LogP contribution in [0.5, 0.6) is 0 Å². The van der Waals surface area contributed by atoms with Crippen molar-refractivity contribution in [2.24, 2.45) is 13.0 Å². The zero-order valence-corrected chi connectivity index (χ0v) is 27.5. The van der Waals surface area contributed by atoms with Crippen molar-refractivity contribution in [2.45, 2.75) is 70.5 Å². The first-order valence-electron chi connectivity index (χ1n) is 16.8. The zero-order valence-electron chi connectivity index (χ0n) is 27.5. The highest BCUT2D eigenvalue weighted by Crippen LogP contribution is 2.27. The Morgan fingerprint density at radius 3 is 2.19 bits per heavy atom. The lowest BCUT2D eigenvalue weighted by molar-refractivity contribution is -0.138.